The zero-order valence-corrected chi connectivity index (χ0v) is 13.6. The number of nitrogens with two attached hydrogens (primary N) is 1. The smallest absolute Gasteiger partial charge is 0.150 e. The van der Waals surface area contributed by atoms with Gasteiger partial charge in [-0.2, -0.15) is 0 Å². The molecule has 0 unspecified atom stereocenters. The molecule has 1 aromatic carbocycles. The van der Waals surface area contributed by atoms with Gasteiger partial charge in [-0.3, -0.25) is 4.90 Å². The van der Waals surface area contributed by atoms with Crippen molar-refractivity contribution in [2.45, 2.75) is 13.1 Å². The number of halogens is 2. The summed E-state index contributed by atoms with van der Waals surface area (Å²) in [4.78, 5) is 4.60. The van der Waals surface area contributed by atoms with Crippen molar-refractivity contribution in [3.05, 3.63) is 45.8 Å². The molecule has 1 aliphatic rings. The van der Waals surface area contributed by atoms with Crippen molar-refractivity contribution >= 4 is 28.9 Å². The van der Waals surface area contributed by atoms with E-state index in [2.05, 4.69) is 15.0 Å². The molecule has 2 N–H and O–H groups in total. The second kappa shape index (κ2) is 6.87. The summed E-state index contributed by atoms with van der Waals surface area (Å²) in [5.74, 6) is 0.722. The molecule has 118 valence electrons. The summed E-state index contributed by atoms with van der Waals surface area (Å²) in [6, 6.07) is 7.49. The number of hydrogen-bond donors (Lipinski definition) is 1. The quantitative estimate of drug-likeness (QED) is 0.927. The number of benzene rings is 1. The molecule has 1 saturated heterocycles. The Kier molecular flexibility index (Phi) is 4.88. The average molecular weight is 341 g/mol. The number of aromatic nitrogens is 1. The summed E-state index contributed by atoms with van der Waals surface area (Å²) in [5, 5.41) is 5.48. The van der Waals surface area contributed by atoms with Crippen LogP contribution in [0.5, 0.6) is 0 Å². The maximum atomic E-state index is 6.27. The Balaban J connectivity index is 1.59. The van der Waals surface area contributed by atoms with Crippen LogP contribution in [0.4, 0.5) is 5.69 Å². The molecule has 5 nitrogen and oxygen atoms in total. The van der Waals surface area contributed by atoms with Crippen LogP contribution in [0.1, 0.15) is 11.5 Å². The lowest BCUT2D eigenvalue weighted by Crippen LogP contribution is -2.46. The minimum atomic E-state index is 0.383. The van der Waals surface area contributed by atoms with E-state index in [1.807, 2.05) is 24.3 Å². The molecule has 1 aromatic heterocycles. The van der Waals surface area contributed by atoms with Crippen molar-refractivity contribution in [2.75, 3.05) is 31.1 Å². The molecule has 1 fully saturated rings. The Morgan fingerprint density at radius 1 is 1.14 bits per heavy atom. The Bertz CT molecular complexity index is 638. The fourth-order valence-corrected chi connectivity index (χ4v) is 3.03. The first-order valence-electron chi connectivity index (χ1n) is 7.22. The van der Waals surface area contributed by atoms with Gasteiger partial charge in [-0.1, -0.05) is 28.4 Å². The lowest BCUT2D eigenvalue weighted by Gasteiger charge is -2.36. The predicted octanol–water partition coefficient (Wildman–Crippen LogP) is 2.76. The fraction of sp³-hybridized carbons (Fsp3) is 0.400. The average Bonchev–Trinajstić information content (AvgIpc) is 2.98. The van der Waals surface area contributed by atoms with E-state index in [-0.39, 0.29) is 0 Å². The van der Waals surface area contributed by atoms with E-state index < -0.39 is 0 Å². The number of rotatable bonds is 4. The van der Waals surface area contributed by atoms with Crippen LogP contribution in [-0.4, -0.2) is 36.2 Å². The highest BCUT2D eigenvalue weighted by Crippen LogP contribution is 2.29. The molecule has 0 radical (unpaired) electrons. The van der Waals surface area contributed by atoms with Crippen molar-refractivity contribution in [3.63, 3.8) is 0 Å². The largest absolute Gasteiger partial charge is 0.368 e. The molecular formula is C15H18Cl2N4O. The molecule has 7 heteroatoms. The molecule has 2 heterocycles. The zero-order chi connectivity index (χ0) is 15.5. The summed E-state index contributed by atoms with van der Waals surface area (Å²) in [7, 11) is 0. The summed E-state index contributed by atoms with van der Waals surface area (Å²) in [5.41, 5.74) is 7.45. The van der Waals surface area contributed by atoms with Gasteiger partial charge >= 0.3 is 0 Å². The van der Waals surface area contributed by atoms with Gasteiger partial charge in [-0.05, 0) is 18.2 Å². The summed E-state index contributed by atoms with van der Waals surface area (Å²) < 4.78 is 5.13. The second-order valence-corrected chi connectivity index (χ2v) is 6.19. The number of hydrogen-bond acceptors (Lipinski definition) is 5. The zero-order valence-electron chi connectivity index (χ0n) is 12.1. The highest BCUT2D eigenvalue weighted by atomic mass is 35.5. The van der Waals surface area contributed by atoms with Crippen molar-refractivity contribution in [2.24, 2.45) is 5.73 Å². The Hall–Kier alpha value is -1.27. The van der Waals surface area contributed by atoms with Gasteiger partial charge in [0.05, 0.1) is 22.9 Å². The van der Waals surface area contributed by atoms with Gasteiger partial charge in [0.15, 0.2) is 5.76 Å². The monoisotopic (exact) mass is 340 g/mol. The minimum Gasteiger partial charge on any atom is -0.368 e. The van der Waals surface area contributed by atoms with Crippen LogP contribution in [-0.2, 0) is 13.1 Å². The SMILES string of the molecule is NCc1cc(CN2CCN(c3cc(Cl)ccc3Cl)CC2)no1. The fourth-order valence-electron chi connectivity index (χ4n) is 2.63. The maximum absolute atomic E-state index is 6.27. The van der Waals surface area contributed by atoms with Crippen molar-refractivity contribution in [1.82, 2.24) is 10.1 Å². The number of piperazine rings is 1. The Morgan fingerprint density at radius 3 is 2.59 bits per heavy atom. The van der Waals surface area contributed by atoms with Crippen molar-refractivity contribution < 1.29 is 4.52 Å². The normalized spacial score (nSPS) is 16.2. The van der Waals surface area contributed by atoms with Crippen LogP contribution in [0.2, 0.25) is 10.0 Å². The van der Waals surface area contributed by atoms with Crippen LogP contribution in [0.25, 0.3) is 0 Å². The van der Waals surface area contributed by atoms with Crippen LogP contribution in [0, 0.1) is 0 Å². The molecule has 0 amide bonds. The van der Waals surface area contributed by atoms with Crippen LogP contribution < -0.4 is 10.6 Å². The molecule has 0 spiro atoms. The standard InChI is InChI=1S/C15H18Cl2N4O/c16-11-1-2-14(17)15(7-11)21-5-3-20(4-6-21)10-12-8-13(9-18)22-19-12/h1-2,7-8H,3-6,9-10,18H2. The molecule has 3 rings (SSSR count). The number of anilines is 1. The lowest BCUT2D eigenvalue weighted by atomic mass is 10.2. The molecule has 2 aromatic rings. The Labute approximate surface area is 139 Å². The van der Waals surface area contributed by atoms with Crippen LogP contribution in [0.3, 0.4) is 0 Å². The van der Waals surface area contributed by atoms with Gasteiger partial charge in [0.2, 0.25) is 0 Å². The van der Waals surface area contributed by atoms with Gasteiger partial charge in [0.1, 0.15) is 0 Å². The Morgan fingerprint density at radius 2 is 1.91 bits per heavy atom. The van der Waals surface area contributed by atoms with Gasteiger partial charge in [0, 0.05) is 43.8 Å². The van der Waals surface area contributed by atoms with E-state index in [4.69, 9.17) is 33.5 Å². The summed E-state index contributed by atoms with van der Waals surface area (Å²) in [6.07, 6.45) is 0. The molecule has 22 heavy (non-hydrogen) atoms. The third kappa shape index (κ3) is 3.55. The maximum Gasteiger partial charge on any atom is 0.150 e. The topological polar surface area (TPSA) is 58.5 Å². The van der Waals surface area contributed by atoms with E-state index >= 15 is 0 Å². The molecular weight excluding hydrogens is 323 g/mol. The highest BCUT2D eigenvalue weighted by molar-refractivity contribution is 6.35. The van der Waals surface area contributed by atoms with E-state index in [0.717, 1.165) is 54.9 Å². The first-order valence-corrected chi connectivity index (χ1v) is 7.98. The van der Waals surface area contributed by atoms with Gasteiger partial charge < -0.3 is 15.2 Å². The van der Waals surface area contributed by atoms with Gasteiger partial charge in [-0.15, -0.1) is 0 Å². The van der Waals surface area contributed by atoms with E-state index in [1.165, 1.54) is 0 Å². The van der Waals surface area contributed by atoms with E-state index in [9.17, 15) is 0 Å². The van der Waals surface area contributed by atoms with Crippen LogP contribution >= 0.6 is 23.2 Å². The predicted molar refractivity (Wildman–Crippen MR) is 88.3 cm³/mol. The third-order valence-corrected chi connectivity index (χ3v) is 4.37. The highest BCUT2D eigenvalue weighted by Gasteiger charge is 2.20. The first kappa shape index (κ1) is 15.6. The summed E-state index contributed by atoms with van der Waals surface area (Å²) >= 11 is 12.3. The first-order chi connectivity index (χ1) is 10.7. The molecule has 0 saturated carbocycles. The molecule has 0 bridgehead atoms. The van der Waals surface area contributed by atoms with Gasteiger partial charge in [-0.25, -0.2) is 0 Å². The molecule has 0 aliphatic carbocycles. The molecule has 0 atom stereocenters. The van der Waals surface area contributed by atoms with E-state index in [0.29, 0.717) is 11.6 Å². The van der Waals surface area contributed by atoms with Crippen molar-refractivity contribution in [1.29, 1.82) is 0 Å². The summed E-state index contributed by atoms with van der Waals surface area (Å²) in [6.45, 7) is 4.85. The third-order valence-electron chi connectivity index (χ3n) is 3.82. The second-order valence-electron chi connectivity index (χ2n) is 5.35. The lowest BCUT2D eigenvalue weighted by molar-refractivity contribution is 0.241. The van der Waals surface area contributed by atoms with E-state index in [1.54, 1.807) is 0 Å². The van der Waals surface area contributed by atoms with Crippen molar-refractivity contribution in [3.8, 4) is 0 Å². The van der Waals surface area contributed by atoms with Gasteiger partial charge in [0.25, 0.3) is 0 Å². The minimum absolute atomic E-state index is 0.383. The van der Waals surface area contributed by atoms with Crippen LogP contribution in [0.15, 0.2) is 28.8 Å². The number of nitrogens with zero attached hydrogens (tertiary/aromatic N) is 3. The molecule has 1 aliphatic heterocycles.